The summed E-state index contributed by atoms with van der Waals surface area (Å²) in [7, 11) is 0. The van der Waals surface area contributed by atoms with Crippen LogP contribution in [0.15, 0.2) is 0 Å². The summed E-state index contributed by atoms with van der Waals surface area (Å²) in [5.74, 6) is 8.87. The lowest BCUT2D eigenvalue weighted by Crippen LogP contribution is -2.55. The number of carboxylic acids is 1. The lowest BCUT2D eigenvalue weighted by atomic mass is 9.94. The van der Waals surface area contributed by atoms with E-state index in [0.717, 1.165) is 0 Å². The van der Waals surface area contributed by atoms with Crippen LogP contribution in [0.1, 0.15) is 20.3 Å². The van der Waals surface area contributed by atoms with Crippen LogP contribution in [0, 0.1) is 0 Å². The number of nitrogens with one attached hydrogen (secondary N) is 2. The Morgan fingerprint density at radius 1 is 1.41 bits per heavy atom. The van der Waals surface area contributed by atoms with Crippen molar-refractivity contribution in [3.63, 3.8) is 0 Å². The van der Waals surface area contributed by atoms with E-state index in [-0.39, 0.29) is 6.42 Å². The number of carbonyl (C=O) groups is 2. The Balaban J connectivity index is 4.54. The molecule has 0 radical (unpaired) electrons. The van der Waals surface area contributed by atoms with Gasteiger partial charge in [-0.3, -0.25) is 21.5 Å². The lowest BCUT2D eigenvalue weighted by molar-refractivity contribution is -0.139. The molecule has 0 aliphatic rings. The Bertz CT molecular complexity index is 283. The second kappa shape index (κ2) is 6.35. The van der Waals surface area contributed by atoms with Gasteiger partial charge in [0.2, 0.25) is 0 Å². The van der Waals surface area contributed by atoms with Crippen LogP contribution >= 0.6 is 0 Å². The number of hydrogen-bond acceptors (Lipinski definition) is 7. The molecule has 17 heavy (non-hydrogen) atoms. The van der Waals surface area contributed by atoms with Crippen LogP contribution < -0.4 is 28.3 Å². The fraction of sp³-hybridized carbons (Fsp3) is 0.750. The number of ether oxygens (including phenoxy) is 1. The van der Waals surface area contributed by atoms with E-state index in [1.165, 1.54) is 0 Å². The molecule has 9 N–H and O–H groups in total. The summed E-state index contributed by atoms with van der Waals surface area (Å²) in [4.78, 5) is 21.6. The van der Waals surface area contributed by atoms with E-state index in [2.05, 4.69) is 5.43 Å². The minimum absolute atomic E-state index is 0.115. The third-order valence-corrected chi connectivity index (χ3v) is 2.13. The van der Waals surface area contributed by atoms with Gasteiger partial charge in [-0.1, -0.05) is 0 Å². The molecule has 2 atom stereocenters. The first-order valence-corrected chi connectivity index (χ1v) is 4.87. The molecule has 0 aliphatic heterocycles. The van der Waals surface area contributed by atoms with Crippen LogP contribution in [0.3, 0.4) is 0 Å². The Morgan fingerprint density at radius 2 is 1.94 bits per heavy atom. The number of carbonyl (C=O) groups excluding carboxylic acids is 1. The molecular weight excluding hydrogens is 230 g/mol. The van der Waals surface area contributed by atoms with Gasteiger partial charge in [-0.15, -0.1) is 0 Å². The quantitative estimate of drug-likeness (QED) is 0.178. The standard InChI is InChI=1S/C8H19N5O4/c1-8(2,17-7(16)13-11)3-4(12-10)5(9)6(14)15/h4-5,12H,3,9-11H2,1-2H3,(H,13,16)(H,14,15). The predicted octanol–water partition coefficient (Wildman–Crippen LogP) is -2.00. The van der Waals surface area contributed by atoms with Crippen molar-refractivity contribution >= 4 is 12.1 Å². The summed E-state index contributed by atoms with van der Waals surface area (Å²) in [5, 5.41) is 8.75. The minimum Gasteiger partial charge on any atom is -0.480 e. The van der Waals surface area contributed by atoms with Crippen LogP contribution in [-0.2, 0) is 9.53 Å². The Kier molecular flexibility index (Phi) is 5.82. The van der Waals surface area contributed by atoms with Crippen LogP contribution in [-0.4, -0.2) is 34.9 Å². The second-order valence-electron chi connectivity index (χ2n) is 4.13. The van der Waals surface area contributed by atoms with Crippen LogP contribution in [0.25, 0.3) is 0 Å². The lowest BCUT2D eigenvalue weighted by Gasteiger charge is -2.30. The average Bonchev–Trinajstić information content (AvgIpc) is 2.23. The predicted molar refractivity (Wildman–Crippen MR) is 59.2 cm³/mol. The molecule has 0 bridgehead atoms. The fourth-order valence-corrected chi connectivity index (χ4v) is 1.31. The maximum Gasteiger partial charge on any atom is 0.421 e. The zero-order valence-electron chi connectivity index (χ0n) is 9.77. The summed E-state index contributed by atoms with van der Waals surface area (Å²) < 4.78 is 4.93. The van der Waals surface area contributed by atoms with Gasteiger partial charge in [-0.05, 0) is 13.8 Å². The topological polar surface area (TPSA) is 166 Å². The van der Waals surface area contributed by atoms with E-state index in [0.29, 0.717) is 0 Å². The molecule has 1 amide bonds. The molecular formula is C8H19N5O4. The van der Waals surface area contributed by atoms with E-state index in [1.807, 2.05) is 0 Å². The molecule has 0 aromatic carbocycles. The molecule has 0 spiro atoms. The van der Waals surface area contributed by atoms with Crippen molar-refractivity contribution in [1.29, 1.82) is 0 Å². The van der Waals surface area contributed by atoms with Crippen molar-refractivity contribution in [2.45, 2.75) is 38.0 Å². The van der Waals surface area contributed by atoms with Crippen molar-refractivity contribution in [2.75, 3.05) is 0 Å². The maximum absolute atomic E-state index is 10.9. The monoisotopic (exact) mass is 249 g/mol. The van der Waals surface area contributed by atoms with Crippen LogP contribution in [0.2, 0.25) is 0 Å². The van der Waals surface area contributed by atoms with Crippen molar-refractivity contribution < 1.29 is 19.4 Å². The summed E-state index contributed by atoms with van der Waals surface area (Å²) in [6, 6.07) is -1.95. The highest BCUT2D eigenvalue weighted by atomic mass is 16.6. The average molecular weight is 249 g/mol. The molecule has 0 saturated heterocycles. The Morgan fingerprint density at radius 3 is 2.29 bits per heavy atom. The van der Waals surface area contributed by atoms with Crippen molar-refractivity contribution in [2.24, 2.45) is 17.4 Å². The highest BCUT2D eigenvalue weighted by molar-refractivity contribution is 5.74. The van der Waals surface area contributed by atoms with Gasteiger partial charge in [-0.25, -0.2) is 10.6 Å². The molecule has 0 saturated carbocycles. The highest BCUT2D eigenvalue weighted by Crippen LogP contribution is 2.18. The van der Waals surface area contributed by atoms with Gasteiger partial charge >= 0.3 is 12.1 Å². The summed E-state index contributed by atoms with van der Waals surface area (Å²) in [6.45, 7) is 3.17. The minimum atomic E-state index is -1.20. The molecule has 0 aromatic heterocycles. The van der Waals surface area contributed by atoms with E-state index < -0.39 is 29.7 Å². The number of hydrogen-bond donors (Lipinski definition) is 6. The van der Waals surface area contributed by atoms with Crippen molar-refractivity contribution in [3.05, 3.63) is 0 Å². The van der Waals surface area contributed by atoms with Gasteiger partial charge in [0, 0.05) is 6.42 Å². The molecule has 0 heterocycles. The first-order chi connectivity index (χ1) is 7.73. The van der Waals surface area contributed by atoms with Gasteiger partial charge in [0.15, 0.2) is 0 Å². The number of carboxylic acid groups (broad SMARTS) is 1. The van der Waals surface area contributed by atoms with Crippen molar-refractivity contribution in [1.82, 2.24) is 10.9 Å². The number of amides is 1. The Hall–Kier alpha value is -1.42. The number of hydrazine groups is 2. The third kappa shape index (κ3) is 5.45. The van der Waals surface area contributed by atoms with Crippen LogP contribution in [0.4, 0.5) is 4.79 Å². The van der Waals surface area contributed by atoms with E-state index in [4.69, 9.17) is 27.3 Å². The van der Waals surface area contributed by atoms with Gasteiger partial charge in [0.05, 0.1) is 6.04 Å². The van der Waals surface area contributed by atoms with Crippen LogP contribution in [0.5, 0.6) is 0 Å². The Labute approximate surface area is 98.6 Å². The number of nitrogens with two attached hydrogens (primary N) is 3. The van der Waals surface area contributed by atoms with Gasteiger partial charge in [-0.2, -0.15) is 0 Å². The van der Waals surface area contributed by atoms with Gasteiger partial charge in [0.25, 0.3) is 0 Å². The highest BCUT2D eigenvalue weighted by Gasteiger charge is 2.32. The van der Waals surface area contributed by atoms with E-state index in [9.17, 15) is 9.59 Å². The van der Waals surface area contributed by atoms with E-state index in [1.54, 1.807) is 19.3 Å². The SMILES string of the molecule is CC(C)(CC(NN)C(N)C(=O)O)OC(=O)NN. The zero-order valence-corrected chi connectivity index (χ0v) is 9.77. The first-order valence-electron chi connectivity index (χ1n) is 4.87. The van der Waals surface area contributed by atoms with Gasteiger partial charge < -0.3 is 15.6 Å². The molecule has 0 fully saturated rings. The smallest absolute Gasteiger partial charge is 0.421 e. The van der Waals surface area contributed by atoms with E-state index >= 15 is 0 Å². The summed E-state index contributed by atoms with van der Waals surface area (Å²) in [6.07, 6.45) is -0.709. The second-order valence-corrected chi connectivity index (χ2v) is 4.13. The maximum atomic E-state index is 10.9. The molecule has 9 nitrogen and oxygen atoms in total. The van der Waals surface area contributed by atoms with Crippen molar-refractivity contribution in [3.8, 4) is 0 Å². The molecule has 0 aromatic rings. The normalized spacial score (nSPS) is 14.9. The molecule has 9 heteroatoms. The molecule has 2 unspecified atom stereocenters. The fourth-order valence-electron chi connectivity index (χ4n) is 1.31. The number of aliphatic carboxylic acids is 1. The third-order valence-electron chi connectivity index (χ3n) is 2.13. The van der Waals surface area contributed by atoms with Gasteiger partial charge in [0.1, 0.15) is 11.6 Å². The summed E-state index contributed by atoms with van der Waals surface area (Å²) in [5.41, 5.74) is 8.54. The first kappa shape index (κ1) is 15.6. The summed E-state index contributed by atoms with van der Waals surface area (Å²) >= 11 is 0. The molecule has 100 valence electrons. The molecule has 0 aliphatic carbocycles. The zero-order chi connectivity index (χ0) is 13.6. The number of rotatable bonds is 6. The largest absolute Gasteiger partial charge is 0.480 e. The molecule has 0 rings (SSSR count).